The molecule has 2 rings (SSSR count). The van der Waals surface area contributed by atoms with Crippen LogP contribution >= 0.6 is 11.6 Å². The van der Waals surface area contributed by atoms with Gasteiger partial charge in [-0.15, -0.1) is 0 Å². The van der Waals surface area contributed by atoms with Crippen molar-refractivity contribution in [3.8, 4) is 0 Å². The Morgan fingerprint density at radius 2 is 2.00 bits per heavy atom. The van der Waals surface area contributed by atoms with Crippen LogP contribution in [0.5, 0.6) is 0 Å². The SMILES string of the molecule is C/C=C/C(=O)NC1(c2ccc(Cl)cc2)CCC1. The predicted octanol–water partition coefficient (Wildman–Crippen LogP) is 3.41. The first kappa shape index (κ1) is 12.2. The van der Waals surface area contributed by atoms with E-state index in [2.05, 4.69) is 5.32 Å². The van der Waals surface area contributed by atoms with E-state index in [1.54, 1.807) is 12.2 Å². The van der Waals surface area contributed by atoms with E-state index in [1.807, 2.05) is 31.2 Å². The summed E-state index contributed by atoms with van der Waals surface area (Å²) in [5.41, 5.74) is 0.965. The van der Waals surface area contributed by atoms with Gasteiger partial charge in [0.15, 0.2) is 0 Å². The summed E-state index contributed by atoms with van der Waals surface area (Å²) in [5.74, 6) is -0.0258. The minimum absolute atomic E-state index is 0.0258. The average Bonchev–Trinajstić information content (AvgIpc) is 2.25. The van der Waals surface area contributed by atoms with Crippen LogP contribution in [0, 0.1) is 0 Å². The van der Waals surface area contributed by atoms with E-state index in [9.17, 15) is 4.79 Å². The van der Waals surface area contributed by atoms with E-state index >= 15 is 0 Å². The van der Waals surface area contributed by atoms with E-state index in [0.29, 0.717) is 0 Å². The van der Waals surface area contributed by atoms with Crippen molar-refractivity contribution in [3.63, 3.8) is 0 Å². The molecular weight excluding hydrogens is 234 g/mol. The Kier molecular flexibility index (Phi) is 3.53. The van der Waals surface area contributed by atoms with Crippen molar-refractivity contribution in [2.75, 3.05) is 0 Å². The van der Waals surface area contributed by atoms with Crippen LogP contribution in [0.15, 0.2) is 36.4 Å². The zero-order valence-electron chi connectivity index (χ0n) is 9.87. The molecule has 1 fully saturated rings. The van der Waals surface area contributed by atoms with Crippen molar-refractivity contribution >= 4 is 17.5 Å². The molecule has 0 bridgehead atoms. The van der Waals surface area contributed by atoms with Gasteiger partial charge in [0.05, 0.1) is 5.54 Å². The second kappa shape index (κ2) is 4.92. The van der Waals surface area contributed by atoms with Crippen LogP contribution in [-0.4, -0.2) is 5.91 Å². The maximum Gasteiger partial charge on any atom is 0.244 e. The largest absolute Gasteiger partial charge is 0.343 e. The fourth-order valence-electron chi connectivity index (χ4n) is 2.21. The third kappa shape index (κ3) is 2.52. The minimum Gasteiger partial charge on any atom is -0.343 e. The summed E-state index contributed by atoms with van der Waals surface area (Å²) in [5, 5.41) is 3.82. The fourth-order valence-corrected chi connectivity index (χ4v) is 2.34. The van der Waals surface area contributed by atoms with Gasteiger partial charge in [-0.05, 0) is 50.0 Å². The van der Waals surface area contributed by atoms with Gasteiger partial charge >= 0.3 is 0 Å². The Hall–Kier alpha value is -1.28. The average molecular weight is 250 g/mol. The molecule has 1 aromatic carbocycles. The van der Waals surface area contributed by atoms with E-state index in [1.165, 1.54) is 0 Å². The van der Waals surface area contributed by atoms with Crippen LogP contribution in [-0.2, 0) is 10.3 Å². The van der Waals surface area contributed by atoms with Crippen molar-refractivity contribution in [1.29, 1.82) is 0 Å². The first-order chi connectivity index (χ1) is 8.16. The third-order valence-electron chi connectivity index (χ3n) is 3.28. The molecule has 0 unspecified atom stereocenters. The summed E-state index contributed by atoms with van der Waals surface area (Å²) in [6.07, 6.45) is 6.47. The molecule has 1 amide bonds. The molecule has 2 nitrogen and oxygen atoms in total. The number of rotatable bonds is 3. The molecule has 3 heteroatoms. The van der Waals surface area contributed by atoms with Gasteiger partial charge in [0.1, 0.15) is 0 Å². The lowest BCUT2D eigenvalue weighted by Gasteiger charge is -2.43. The van der Waals surface area contributed by atoms with Gasteiger partial charge < -0.3 is 5.32 Å². The fraction of sp³-hybridized carbons (Fsp3) is 0.357. The molecule has 0 spiro atoms. The highest BCUT2D eigenvalue weighted by Gasteiger charge is 2.39. The molecule has 0 aromatic heterocycles. The monoisotopic (exact) mass is 249 g/mol. The highest BCUT2D eigenvalue weighted by molar-refractivity contribution is 6.30. The Bertz CT molecular complexity index is 432. The smallest absolute Gasteiger partial charge is 0.244 e. The second-order valence-corrected chi connectivity index (χ2v) is 4.87. The summed E-state index contributed by atoms with van der Waals surface area (Å²) >= 11 is 5.88. The number of hydrogen-bond acceptors (Lipinski definition) is 1. The van der Waals surface area contributed by atoms with Gasteiger partial charge in [-0.3, -0.25) is 4.79 Å². The first-order valence-electron chi connectivity index (χ1n) is 5.87. The van der Waals surface area contributed by atoms with Crippen molar-refractivity contribution in [3.05, 3.63) is 47.0 Å². The van der Waals surface area contributed by atoms with Gasteiger partial charge in [-0.25, -0.2) is 0 Å². The Labute approximate surface area is 107 Å². The zero-order valence-corrected chi connectivity index (χ0v) is 10.6. The molecule has 17 heavy (non-hydrogen) atoms. The van der Waals surface area contributed by atoms with Crippen LogP contribution < -0.4 is 5.32 Å². The summed E-state index contributed by atoms with van der Waals surface area (Å²) in [7, 11) is 0. The van der Waals surface area contributed by atoms with E-state index < -0.39 is 0 Å². The van der Waals surface area contributed by atoms with Crippen LogP contribution in [0.25, 0.3) is 0 Å². The van der Waals surface area contributed by atoms with Gasteiger partial charge in [-0.1, -0.05) is 29.8 Å². The van der Waals surface area contributed by atoms with E-state index in [-0.39, 0.29) is 11.4 Å². The third-order valence-corrected chi connectivity index (χ3v) is 3.54. The maximum atomic E-state index is 11.7. The quantitative estimate of drug-likeness (QED) is 0.818. The summed E-state index contributed by atoms with van der Waals surface area (Å²) < 4.78 is 0. The molecule has 1 N–H and O–H groups in total. The van der Waals surface area contributed by atoms with Crippen LogP contribution in [0.1, 0.15) is 31.7 Å². The van der Waals surface area contributed by atoms with E-state index in [4.69, 9.17) is 11.6 Å². The first-order valence-corrected chi connectivity index (χ1v) is 6.25. The number of halogens is 1. The number of hydrogen-bond donors (Lipinski definition) is 1. The molecule has 0 aliphatic heterocycles. The van der Waals surface area contributed by atoms with Gasteiger partial charge in [-0.2, -0.15) is 0 Å². The number of nitrogens with one attached hydrogen (secondary N) is 1. The summed E-state index contributed by atoms with van der Waals surface area (Å²) in [6, 6.07) is 7.74. The lowest BCUT2D eigenvalue weighted by atomic mass is 9.72. The normalized spacial score (nSPS) is 17.8. The van der Waals surface area contributed by atoms with Crippen LogP contribution in [0.2, 0.25) is 5.02 Å². The Morgan fingerprint density at radius 1 is 1.35 bits per heavy atom. The minimum atomic E-state index is -0.179. The highest BCUT2D eigenvalue weighted by Crippen LogP contribution is 2.41. The molecule has 1 aliphatic carbocycles. The predicted molar refractivity (Wildman–Crippen MR) is 69.9 cm³/mol. The molecule has 90 valence electrons. The molecule has 1 aromatic rings. The second-order valence-electron chi connectivity index (χ2n) is 4.43. The van der Waals surface area contributed by atoms with Gasteiger partial charge in [0, 0.05) is 5.02 Å². The van der Waals surface area contributed by atoms with Crippen molar-refractivity contribution in [2.24, 2.45) is 0 Å². The zero-order chi connectivity index (χ0) is 12.3. The number of allylic oxidation sites excluding steroid dienone is 1. The molecule has 0 atom stereocenters. The molecule has 0 heterocycles. The lowest BCUT2D eigenvalue weighted by Crippen LogP contribution is -2.50. The van der Waals surface area contributed by atoms with E-state index in [0.717, 1.165) is 29.8 Å². The van der Waals surface area contributed by atoms with Gasteiger partial charge in [0.2, 0.25) is 5.91 Å². The number of benzene rings is 1. The summed E-state index contributed by atoms with van der Waals surface area (Å²) in [4.78, 5) is 11.7. The Morgan fingerprint density at radius 3 is 2.47 bits per heavy atom. The number of amides is 1. The van der Waals surface area contributed by atoms with Gasteiger partial charge in [0.25, 0.3) is 0 Å². The molecule has 0 radical (unpaired) electrons. The molecule has 1 aliphatic rings. The maximum absolute atomic E-state index is 11.7. The molecular formula is C14H16ClNO. The molecule has 0 saturated heterocycles. The number of carbonyl (C=O) groups excluding carboxylic acids is 1. The topological polar surface area (TPSA) is 29.1 Å². The van der Waals surface area contributed by atoms with Crippen LogP contribution in [0.4, 0.5) is 0 Å². The van der Waals surface area contributed by atoms with Crippen molar-refractivity contribution in [1.82, 2.24) is 5.32 Å². The van der Waals surface area contributed by atoms with Crippen molar-refractivity contribution in [2.45, 2.75) is 31.7 Å². The summed E-state index contributed by atoms with van der Waals surface area (Å²) in [6.45, 7) is 1.84. The molecule has 1 saturated carbocycles. The lowest BCUT2D eigenvalue weighted by molar-refractivity contribution is -0.119. The number of carbonyl (C=O) groups is 1. The standard InChI is InChI=1S/C14H16ClNO/c1-2-4-13(17)16-14(9-3-10-14)11-5-7-12(15)8-6-11/h2,4-8H,3,9-10H2,1H3,(H,16,17)/b4-2+. The van der Waals surface area contributed by atoms with Crippen LogP contribution in [0.3, 0.4) is 0 Å². The highest BCUT2D eigenvalue weighted by atomic mass is 35.5. The Balaban J connectivity index is 2.19. The van der Waals surface area contributed by atoms with Crippen molar-refractivity contribution < 1.29 is 4.79 Å².